The summed E-state index contributed by atoms with van der Waals surface area (Å²) in [7, 11) is 2.08. The Balaban J connectivity index is 0.000000237. The minimum atomic E-state index is 0.281. The number of nitrogens with zero attached hydrogens (tertiary/aromatic N) is 6. The predicted octanol–water partition coefficient (Wildman–Crippen LogP) is 3.77. The van der Waals surface area contributed by atoms with Crippen LogP contribution in [-0.2, 0) is 4.79 Å². The zero-order chi connectivity index (χ0) is 27.3. The number of nitrogens with one attached hydrogen (secondary N) is 3. The molecule has 2 aliphatic heterocycles. The SMILES string of the molecule is C#C.CN1CCC[C@@H](NC=O)C1.C[C@H]1CC(C)(C)CN1c1nc(Nc2cc(C3CC3)[nH]n2)c2cccn2n1. The average molecular weight is 520 g/mol. The average Bonchev–Trinajstić information content (AvgIpc) is 3.30. The summed E-state index contributed by atoms with van der Waals surface area (Å²) in [5.41, 5.74) is 2.45. The Hall–Kier alpha value is -3.58. The van der Waals surface area contributed by atoms with Gasteiger partial charge in [0.2, 0.25) is 12.4 Å². The van der Waals surface area contributed by atoms with Crippen LogP contribution in [0.5, 0.6) is 0 Å². The molecule has 1 aliphatic carbocycles. The number of hydrogen-bond acceptors (Lipinski definition) is 7. The van der Waals surface area contributed by atoms with Gasteiger partial charge in [-0.15, -0.1) is 17.9 Å². The fourth-order valence-electron chi connectivity index (χ4n) is 5.52. The zero-order valence-corrected chi connectivity index (χ0v) is 23.0. The van der Waals surface area contributed by atoms with Crippen molar-refractivity contribution in [2.24, 2.45) is 5.41 Å². The summed E-state index contributed by atoms with van der Waals surface area (Å²) in [6, 6.07) is 6.93. The number of amides is 1. The van der Waals surface area contributed by atoms with E-state index in [1.165, 1.54) is 25.0 Å². The highest BCUT2D eigenvalue weighted by molar-refractivity contribution is 5.73. The summed E-state index contributed by atoms with van der Waals surface area (Å²) < 4.78 is 1.90. The van der Waals surface area contributed by atoms with Crippen molar-refractivity contribution in [3.8, 4) is 12.8 Å². The van der Waals surface area contributed by atoms with Gasteiger partial charge in [0.25, 0.3) is 0 Å². The largest absolute Gasteiger partial charge is 0.355 e. The number of likely N-dealkylation sites (N-methyl/N-ethyl adjacent to an activating group) is 1. The van der Waals surface area contributed by atoms with E-state index in [-0.39, 0.29) is 5.41 Å². The molecule has 0 spiro atoms. The number of aromatic amines is 1. The van der Waals surface area contributed by atoms with Gasteiger partial charge in [0.1, 0.15) is 5.52 Å². The predicted molar refractivity (Wildman–Crippen MR) is 152 cm³/mol. The first-order valence-electron chi connectivity index (χ1n) is 13.5. The Morgan fingerprint density at radius 2 is 2.03 bits per heavy atom. The second kappa shape index (κ2) is 11.9. The molecule has 3 N–H and O–H groups in total. The molecule has 0 bridgehead atoms. The van der Waals surface area contributed by atoms with Crippen LogP contribution in [0, 0.1) is 18.3 Å². The second-order valence-electron chi connectivity index (χ2n) is 11.4. The minimum Gasteiger partial charge on any atom is -0.355 e. The molecule has 0 unspecified atom stereocenters. The fraction of sp³-hybridized carbons (Fsp3) is 0.571. The second-order valence-corrected chi connectivity index (χ2v) is 11.4. The number of hydrogen-bond donors (Lipinski definition) is 3. The van der Waals surface area contributed by atoms with Crippen LogP contribution in [0.1, 0.15) is 64.5 Å². The van der Waals surface area contributed by atoms with Crippen molar-refractivity contribution >= 4 is 29.5 Å². The van der Waals surface area contributed by atoms with Crippen LogP contribution in [0.15, 0.2) is 24.4 Å². The Bertz CT molecular complexity index is 1230. The third kappa shape index (κ3) is 6.64. The normalized spacial score (nSPS) is 22.6. The lowest BCUT2D eigenvalue weighted by atomic mass is 9.91. The van der Waals surface area contributed by atoms with Crippen LogP contribution in [0.3, 0.4) is 0 Å². The van der Waals surface area contributed by atoms with E-state index >= 15 is 0 Å². The highest BCUT2D eigenvalue weighted by atomic mass is 16.1. The van der Waals surface area contributed by atoms with E-state index in [2.05, 4.69) is 77.4 Å². The third-order valence-electron chi connectivity index (χ3n) is 7.40. The number of likely N-dealkylation sites (tertiary alicyclic amines) is 1. The topological polar surface area (TPSA) is 106 Å². The number of terminal acetylenes is 1. The van der Waals surface area contributed by atoms with Gasteiger partial charge in [-0.25, -0.2) is 4.52 Å². The molecule has 6 rings (SSSR count). The molecule has 204 valence electrons. The van der Waals surface area contributed by atoms with E-state index in [4.69, 9.17) is 10.1 Å². The first kappa shape index (κ1) is 27.5. The summed E-state index contributed by atoms with van der Waals surface area (Å²) in [6.45, 7) is 9.99. The van der Waals surface area contributed by atoms with Crippen molar-refractivity contribution in [2.45, 2.75) is 70.9 Å². The van der Waals surface area contributed by atoms with E-state index in [1.807, 2.05) is 22.8 Å². The minimum absolute atomic E-state index is 0.281. The molecule has 3 aromatic rings. The lowest BCUT2D eigenvalue weighted by molar-refractivity contribution is -0.110. The lowest BCUT2D eigenvalue weighted by Gasteiger charge is -2.28. The summed E-state index contributed by atoms with van der Waals surface area (Å²) in [6.07, 6.45) is 16.7. The van der Waals surface area contributed by atoms with Crippen LogP contribution < -0.4 is 15.5 Å². The molecular weight excluding hydrogens is 478 g/mol. The smallest absolute Gasteiger partial charge is 0.245 e. The van der Waals surface area contributed by atoms with Crippen molar-refractivity contribution in [3.63, 3.8) is 0 Å². The molecule has 3 aliphatic rings. The van der Waals surface area contributed by atoms with Gasteiger partial charge in [-0.05, 0) is 70.2 Å². The van der Waals surface area contributed by atoms with Crippen LogP contribution in [-0.4, -0.2) is 74.9 Å². The highest BCUT2D eigenvalue weighted by Crippen LogP contribution is 2.40. The van der Waals surface area contributed by atoms with Crippen LogP contribution in [0.2, 0.25) is 0 Å². The molecule has 1 saturated carbocycles. The van der Waals surface area contributed by atoms with Crippen molar-refractivity contribution in [1.82, 2.24) is 35.0 Å². The summed E-state index contributed by atoms with van der Waals surface area (Å²) in [4.78, 5) is 19.5. The van der Waals surface area contributed by atoms with Gasteiger partial charge in [0.05, 0.1) is 0 Å². The van der Waals surface area contributed by atoms with Gasteiger partial charge >= 0.3 is 0 Å². The molecule has 3 fully saturated rings. The van der Waals surface area contributed by atoms with Crippen molar-refractivity contribution < 1.29 is 4.79 Å². The van der Waals surface area contributed by atoms with Crippen molar-refractivity contribution in [2.75, 3.05) is 36.9 Å². The maximum absolute atomic E-state index is 10.1. The molecule has 10 heteroatoms. The van der Waals surface area contributed by atoms with Crippen molar-refractivity contribution in [3.05, 3.63) is 30.1 Å². The van der Waals surface area contributed by atoms with Gasteiger partial charge in [-0.2, -0.15) is 10.1 Å². The molecule has 38 heavy (non-hydrogen) atoms. The first-order valence-corrected chi connectivity index (χ1v) is 13.5. The Labute approximate surface area is 225 Å². The Kier molecular flexibility index (Phi) is 8.57. The molecule has 1 amide bonds. The number of carbonyl (C=O) groups is 1. The number of anilines is 3. The molecule has 2 saturated heterocycles. The van der Waals surface area contributed by atoms with Crippen LogP contribution in [0.25, 0.3) is 5.52 Å². The maximum Gasteiger partial charge on any atom is 0.245 e. The first-order chi connectivity index (χ1) is 18.3. The number of aromatic nitrogens is 5. The van der Waals surface area contributed by atoms with E-state index in [0.29, 0.717) is 18.0 Å². The van der Waals surface area contributed by atoms with E-state index in [0.717, 1.165) is 62.0 Å². The number of piperidine rings is 1. The molecule has 3 aromatic heterocycles. The van der Waals surface area contributed by atoms with Gasteiger partial charge in [0.15, 0.2) is 11.6 Å². The zero-order valence-electron chi connectivity index (χ0n) is 23.0. The molecular formula is C28H41N9O. The standard InChI is InChI=1S/C19H25N7.C7H14N2O.C2H2/c1-12-10-19(2,3)11-25(12)18-21-17(15-5-4-8-26(15)24-18)20-16-9-14(22-23-16)13-6-7-13;1-9-4-2-3-7(5-9)8-6-10;1-2/h4-5,8-9,12-13H,6-7,10-11H2,1-3H3,(H2,20,21,22,23,24);6-7H,2-5H2,1H3,(H,8,10);1-2H/t12-;7-;/m01./s1. The fourth-order valence-corrected chi connectivity index (χ4v) is 5.52. The van der Waals surface area contributed by atoms with Crippen LogP contribution >= 0.6 is 0 Å². The van der Waals surface area contributed by atoms with Gasteiger partial charge in [0, 0.05) is 49.0 Å². The number of fused-ring (bicyclic) bond motifs is 1. The van der Waals surface area contributed by atoms with Gasteiger partial charge in [-0.1, -0.05) is 13.8 Å². The number of carbonyl (C=O) groups excluding carboxylic acids is 1. The summed E-state index contributed by atoms with van der Waals surface area (Å²) in [5.74, 6) is 3.03. The van der Waals surface area contributed by atoms with Gasteiger partial charge in [-0.3, -0.25) is 9.89 Å². The highest BCUT2D eigenvalue weighted by Gasteiger charge is 2.36. The van der Waals surface area contributed by atoms with E-state index in [1.54, 1.807) is 0 Å². The maximum atomic E-state index is 10.1. The van der Waals surface area contributed by atoms with Gasteiger partial charge < -0.3 is 20.4 Å². The quantitative estimate of drug-likeness (QED) is 0.336. The molecule has 2 atom stereocenters. The number of rotatable bonds is 6. The Morgan fingerprint density at radius 1 is 1.24 bits per heavy atom. The number of H-pyrrole nitrogens is 1. The molecule has 5 heterocycles. The Morgan fingerprint density at radius 3 is 2.68 bits per heavy atom. The molecule has 0 radical (unpaired) electrons. The van der Waals surface area contributed by atoms with Crippen molar-refractivity contribution in [1.29, 1.82) is 0 Å². The molecule has 10 nitrogen and oxygen atoms in total. The van der Waals surface area contributed by atoms with E-state index in [9.17, 15) is 4.79 Å². The third-order valence-corrected chi connectivity index (χ3v) is 7.40. The molecule has 0 aromatic carbocycles. The summed E-state index contributed by atoms with van der Waals surface area (Å²) in [5, 5.41) is 18.5. The van der Waals surface area contributed by atoms with Crippen LogP contribution in [0.4, 0.5) is 17.6 Å². The van der Waals surface area contributed by atoms with E-state index < -0.39 is 0 Å². The lowest BCUT2D eigenvalue weighted by Crippen LogP contribution is -2.43. The monoisotopic (exact) mass is 519 g/mol. The summed E-state index contributed by atoms with van der Waals surface area (Å²) >= 11 is 0.